The third-order valence-electron chi connectivity index (χ3n) is 4.67. The average molecular weight is 389 g/mol. The Labute approximate surface area is 164 Å². The average Bonchev–Trinajstić information content (AvgIpc) is 3.34. The van der Waals surface area contributed by atoms with Crippen LogP contribution < -0.4 is 10.6 Å². The Kier molecular flexibility index (Phi) is 3.95. The summed E-state index contributed by atoms with van der Waals surface area (Å²) in [5.41, 5.74) is 4.36. The van der Waals surface area contributed by atoms with Crippen molar-refractivity contribution >= 4 is 44.9 Å². The molecule has 0 radical (unpaired) electrons. The largest absolute Gasteiger partial charge is 0.451 e. The highest BCUT2D eigenvalue weighted by atomic mass is 32.1. The standard InChI is InChI=1S/C21H15N3O3S/c25-19-8-6-12-9-13(5-7-15(12)22-19)16-11-28-21(23-16)24-20(26)18-10-14-3-1-2-4-17(14)27-18/h1-5,7,9-11H,6,8H2,(H,22,25)(H,23,24,26). The zero-order valence-electron chi connectivity index (χ0n) is 14.7. The minimum Gasteiger partial charge on any atom is -0.451 e. The molecule has 1 aliphatic heterocycles. The van der Waals surface area contributed by atoms with Crippen LogP contribution in [-0.2, 0) is 11.2 Å². The molecule has 6 nitrogen and oxygen atoms in total. The molecule has 7 heteroatoms. The van der Waals surface area contributed by atoms with Crippen molar-refractivity contribution in [2.24, 2.45) is 0 Å². The molecule has 2 N–H and O–H groups in total. The van der Waals surface area contributed by atoms with Crippen LogP contribution in [-0.4, -0.2) is 16.8 Å². The van der Waals surface area contributed by atoms with E-state index in [9.17, 15) is 9.59 Å². The molecule has 0 spiro atoms. The van der Waals surface area contributed by atoms with Gasteiger partial charge < -0.3 is 9.73 Å². The Morgan fingerprint density at radius 3 is 2.93 bits per heavy atom. The number of rotatable bonds is 3. The second kappa shape index (κ2) is 6.61. The second-order valence-electron chi connectivity index (χ2n) is 6.56. The normalized spacial score (nSPS) is 13.2. The van der Waals surface area contributed by atoms with Gasteiger partial charge in [-0.1, -0.05) is 24.3 Å². The molecular weight excluding hydrogens is 374 g/mol. The van der Waals surface area contributed by atoms with E-state index in [-0.39, 0.29) is 17.6 Å². The molecule has 1 aliphatic rings. The number of fused-ring (bicyclic) bond motifs is 2. The van der Waals surface area contributed by atoms with Crippen LogP contribution in [0.4, 0.5) is 10.8 Å². The van der Waals surface area contributed by atoms with Crippen LogP contribution in [0.25, 0.3) is 22.2 Å². The molecule has 28 heavy (non-hydrogen) atoms. The van der Waals surface area contributed by atoms with E-state index in [1.165, 1.54) is 11.3 Å². The maximum atomic E-state index is 12.5. The van der Waals surface area contributed by atoms with Crippen LogP contribution >= 0.6 is 11.3 Å². The third-order valence-corrected chi connectivity index (χ3v) is 5.43. The Hall–Kier alpha value is -3.45. The Morgan fingerprint density at radius 1 is 1.14 bits per heavy atom. The number of para-hydroxylation sites is 1. The van der Waals surface area contributed by atoms with Gasteiger partial charge in [0.2, 0.25) is 5.91 Å². The number of hydrogen-bond donors (Lipinski definition) is 2. The van der Waals surface area contributed by atoms with Gasteiger partial charge in [-0.25, -0.2) is 4.98 Å². The summed E-state index contributed by atoms with van der Waals surface area (Å²) in [5.74, 6) is -0.0304. The number of aromatic nitrogens is 1. The predicted octanol–water partition coefficient (Wildman–Crippen LogP) is 4.69. The minimum atomic E-state index is -0.328. The Morgan fingerprint density at radius 2 is 2.04 bits per heavy atom. The predicted molar refractivity (Wildman–Crippen MR) is 109 cm³/mol. The molecule has 0 atom stereocenters. The summed E-state index contributed by atoms with van der Waals surface area (Å²) in [6, 6.07) is 15.1. The van der Waals surface area contributed by atoms with E-state index in [0.717, 1.165) is 34.3 Å². The number of furan rings is 1. The van der Waals surface area contributed by atoms with Crippen molar-refractivity contribution in [3.63, 3.8) is 0 Å². The first kappa shape index (κ1) is 16.7. The smallest absolute Gasteiger partial charge is 0.293 e. The molecule has 0 fully saturated rings. The Bertz CT molecular complexity index is 1190. The Balaban J connectivity index is 1.36. The lowest BCUT2D eigenvalue weighted by molar-refractivity contribution is -0.116. The second-order valence-corrected chi connectivity index (χ2v) is 7.42. The van der Waals surface area contributed by atoms with Gasteiger partial charge in [0.25, 0.3) is 5.91 Å². The lowest BCUT2D eigenvalue weighted by Gasteiger charge is -2.17. The minimum absolute atomic E-state index is 0.0458. The van der Waals surface area contributed by atoms with Gasteiger partial charge >= 0.3 is 0 Å². The highest BCUT2D eigenvalue weighted by Crippen LogP contribution is 2.31. The zero-order valence-corrected chi connectivity index (χ0v) is 15.5. The van der Waals surface area contributed by atoms with E-state index in [2.05, 4.69) is 15.6 Å². The van der Waals surface area contributed by atoms with Gasteiger partial charge in [-0.3, -0.25) is 14.9 Å². The highest BCUT2D eigenvalue weighted by molar-refractivity contribution is 7.14. The van der Waals surface area contributed by atoms with Crippen LogP contribution in [0.2, 0.25) is 0 Å². The van der Waals surface area contributed by atoms with Crippen molar-refractivity contribution in [2.45, 2.75) is 12.8 Å². The first-order chi connectivity index (χ1) is 13.7. The van der Waals surface area contributed by atoms with Gasteiger partial charge in [-0.2, -0.15) is 0 Å². The lowest BCUT2D eigenvalue weighted by Crippen LogP contribution is -2.18. The maximum absolute atomic E-state index is 12.5. The first-order valence-corrected chi connectivity index (χ1v) is 9.72. The van der Waals surface area contributed by atoms with Gasteiger partial charge in [0.15, 0.2) is 10.9 Å². The summed E-state index contributed by atoms with van der Waals surface area (Å²) in [7, 11) is 0. The third kappa shape index (κ3) is 3.05. The van der Waals surface area contributed by atoms with Crippen molar-refractivity contribution in [3.05, 3.63) is 65.2 Å². The van der Waals surface area contributed by atoms with Crippen LogP contribution in [0.5, 0.6) is 0 Å². The molecular formula is C21H15N3O3S. The molecule has 5 rings (SSSR count). The number of amides is 2. The van der Waals surface area contributed by atoms with Gasteiger partial charge in [0, 0.05) is 28.4 Å². The molecule has 0 saturated carbocycles. The van der Waals surface area contributed by atoms with E-state index < -0.39 is 0 Å². The number of nitrogens with one attached hydrogen (secondary N) is 2. The number of benzene rings is 2. The number of carbonyl (C=O) groups excluding carboxylic acids is 2. The lowest BCUT2D eigenvalue weighted by atomic mass is 9.99. The molecule has 0 unspecified atom stereocenters. The van der Waals surface area contributed by atoms with Crippen LogP contribution in [0.15, 0.2) is 58.3 Å². The van der Waals surface area contributed by atoms with Crippen LogP contribution in [0.3, 0.4) is 0 Å². The van der Waals surface area contributed by atoms with E-state index in [4.69, 9.17) is 4.42 Å². The SMILES string of the molecule is O=C1CCc2cc(-c3csc(NC(=O)c4cc5ccccc5o4)n3)ccc2N1. The molecule has 2 aromatic heterocycles. The summed E-state index contributed by atoms with van der Waals surface area (Å²) in [6.45, 7) is 0. The summed E-state index contributed by atoms with van der Waals surface area (Å²) >= 11 is 1.36. The quantitative estimate of drug-likeness (QED) is 0.532. The summed E-state index contributed by atoms with van der Waals surface area (Å²) in [4.78, 5) is 28.5. The summed E-state index contributed by atoms with van der Waals surface area (Å²) < 4.78 is 5.59. The number of thiazole rings is 1. The number of anilines is 2. The van der Waals surface area contributed by atoms with E-state index in [1.54, 1.807) is 6.07 Å². The first-order valence-electron chi connectivity index (χ1n) is 8.84. The fourth-order valence-electron chi connectivity index (χ4n) is 3.26. The summed E-state index contributed by atoms with van der Waals surface area (Å²) in [6.07, 6.45) is 1.21. The fraction of sp³-hybridized carbons (Fsp3) is 0.0952. The highest BCUT2D eigenvalue weighted by Gasteiger charge is 2.17. The van der Waals surface area contributed by atoms with Crippen LogP contribution in [0, 0.1) is 0 Å². The van der Waals surface area contributed by atoms with E-state index in [1.807, 2.05) is 47.8 Å². The number of carbonyl (C=O) groups is 2. The topological polar surface area (TPSA) is 84.2 Å². The monoisotopic (exact) mass is 389 g/mol. The van der Waals surface area contributed by atoms with Crippen molar-refractivity contribution in [1.29, 1.82) is 0 Å². The molecule has 2 amide bonds. The van der Waals surface area contributed by atoms with Crippen molar-refractivity contribution in [3.8, 4) is 11.3 Å². The molecule has 138 valence electrons. The maximum Gasteiger partial charge on any atom is 0.293 e. The molecule has 0 saturated heterocycles. The molecule has 4 aromatic rings. The number of aryl methyl sites for hydroxylation is 1. The van der Waals surface area contributed by atoms with Crippen molar-refractivity contribution in [2.75, 3.05) is 10.6 Å². The van der Waals surface area contributed by atoms with Gasteiger partial charge in [-0.15, -0.1) is 11.3 Å². The molecule has 0 bridgehead atoms. The molecule has 2 aromatic carbocycles. The van der Waals surface area contributed by atoms with Crippen molar-refractivity contribution in [1.82, 2.24) is 4.98 Å². The summed E-state index contributed by atoms with van der Waals surface area (Å²) in [5, 5.41) is 8.96. The van der Waals surface area contributed by atoms with Crippen LogP contribution in [0.1, 0.15) is 22.5 Å². The number of nitrogens with zero attached hydrogens (tertiary/aromatic N) is 1. The van der Waals surface area contributed by atoms with Gasteiger partial charge in [0.05, 0.1) is 5.69 Å². The van der Waals surface area contributed by atoms with Crippen molar-refractivity contribution < 1.29 is 14.0 Å². The zero-order chi connectivity index (χ0) is 19.1. The molecule has 0 aliphatic carbocycles. The fourth-order valence-corrected chi connectivity index (χ4v) is 3.97. The van der Waals surface area contributed by atoms with Gasteiger partial charge in [0.1, 0.15) is 5.58 Å². The van der Waals surface area contributed by atoms with E-state index in [0.29, 0.717) is 17.1 Å². The van der Waals surface area contributed by atoms with Gasteiger partial charge in [-0.05, 0) is 36.2 Å². The number of hydrogen-bond acceptors (Lipinski definition) is 5. The molecule has 3 heterocycles. The van der Waals surface area contributed by atoms with E-state index >= 15 is 0 Å².